The molecule has 0 saturated carbocycles. The van der Waals surface area contributed by atoms with Crippen LogP contribution in [0.4, 0.5) is 4.39 Å². The number of aromatic nitrogens is 1. The molecule has 0 aliphatic heterocycles. The first-order valence-corrected chi connectivity index (χ1v) is 6.97. The molecule has 110 valence electrons. The predicted molar refractivity (Wildman–Crippen MR) is 82.3 cm³/mol. The monoisotopic (exact) mass is 315 g/mol. The van der Waals surface area contributed by atoms with Gasteiger partial charge in [-0.05, 0) is 48.0 Å². The van der Waals surface area contributed by atoms with Gasteiger partial charge in [0.05, 0.1) is 11.1 Å². The molecule has 0 saturated heterocycles. The second-order valence-corrected chi connectivity index (χ2v) is 5.13. The fourth-order valence-corrected chi connectivity index (χ4v) is 2.24. The van der Waals surface area contributed by atoms with Crippen molar-refractivity contribution < 1.29 is 13.9 Å². The number of hydrogen-bond acceptors (Lipinski definition) is 3. The van der Waals surface area contributed by atoms with Crippen LogP contribution in [-0.4, -0.2) is 11.0 Å². The summed E-state index contributed by atoms with van der Waals surface area (Å²) in [6.45, 7) is 0.0213. The number of benzene rings is 2. The van der Waals surface area contributed by atoms with Gasteiger partial charge in [0.25, 0.3) is 0 Å². The van der Waals surface area contributed by atoms with E-state index >= 15 is 0 Å². The standard InChI is InChI=1S/C17H11ClFNO2/c18-16-7-5-12-9-13(4-6-15(12)20-16)17(21)22-10-11-2-1-3-14(19)8-11/h1-9H,10H2. The number of halogens is 2. The lowest BCUT2D eigenvalue weighted by atomic mass is 10.1. The van der Waals surface area contributed by atoms with Crippen molar-refractivity contribution in [1.82, 2.24) is 4.98 Å². The molecule has 3 nitrogen and oxygen atoms in total. The number of ether oxygens (including phenoxy) is 1. The number of esters is 1. The summed E-state index contributed by atoms with van der Waals surface area (Å²) in [6.07, 6.45) is 0. The minimum absolute atomic E-state index is 0.0213. The normalized spacial score (nSPS) is 10.6. The average molecular weight is 316 g/mol. The first kappa shape index (κ1) is 14.5. The maximum Gasteiger partial charge on any atom is 0.338 e. The molecule has 0 N–H and O–H groups in total. The molecule has 0 amide bonds. The van der Waals surface area contributed by atoms with E-state index in [1.807, 2.05) is 0 Å². The van der Waals surface area contributed by atoms with Crippen molar-refractivity contribution in [2.24, 2.45) is 0 Å². The van der Waals surface area contributed by atoms with Gasteiger partial charge in [-0.25, -0.2) is 14.2 Å². The van der Waals surface area contributed by atoms with E-state index in [-0.39, 0.29) is 12.4 Å². The number of carbonyl (C=O) groups is 1. The molecule has 1 heterocycles. The SMILES string of the molecule is O=C(OCc1cccc(F)c1)c1ccc2nc(Cl)ccc2c1. The Labute approximate surface area is 131 Å². The zero-order valence-corrected chi connectivity index (χ0v) is 12.2. The highest BCUT2D eigenvalue weighted by Crippen LogP contribution is 2.18. The Kier molecular flexibility index (Phi) is 4.02. The molecule has 22 heavy (non-hydrogen) atoms. The summed E-state index contributed by atoms with van der Waals surface area (Å²) >= 11 is 5.82. The van der Waals surface area contributed by atoms with Crippen LogP contribution in [0.1, 0.15) is 15.9 Å². The molecular weight excluding hydrogens is 305 g/mol. The second-order valence-electron chi connectivity index (χ2n) is 4.75. The first-order valence-electron chi connectivity index (χ1n) is 6.60. The molecule has 1 aromatic heterocycles. The van der Waals surface area contributed by atoms with E-state index in [0.29, 0.717) is 21.8 Å². The molecule has 3 aromatic rings. The van der Waals surface area contributed by atoms with Crippen molar-refractivity contribution in [2.45, 2.75) is 6.61 Å². The van der Waals surface area contributed by atoms with E-state index in [4.69, 9.17) is 16.3 Å². The van der Waals surface area contributed by atoms with E-state index in [2.05, 4.69) is 4.98 Å². The van der Waals surface area contributed by atoms with Crippen molar-refractivity contribution in [3.05, 3.63) is 76.7 Å². The number of rotatable bonds is 3. The Morgan fingerprint density at radius 3 is 2.82 bits per heavy atom. The summed E-state index contributed by atoms with van der Waals surface area (Å²) in [4.78, 5) is 16.2. The van der Waals surface area contributed by atoms with Crippen LogP contribution in [0.15, 0.2) is 54.6 Å². The van der Waals surface area contributed by atoms with Crippen molar-refractivity contribution in [2.75, 3.05) is 0 Å². The number of carbonyl (C=O) groups excluding carboxylic acids is 1. The van der Waals surface area contributed by atoms with E-state index in [9.17, 15) is 9.18 Å². The van der Waals surface area contributed by atoms with Crippen molar-refractivity contribution in [3.63, 3.8) is 0 Å². The molecule has 0 radical (unpaired) electrons. The van der Waals surface area contributed by atoms with E-state index < -0.39 is 5.97 Å². The fraction of sp³-hybridized carbons (Fsp3) is 0.0588. The highest BCUT2D eigenvalue weighted by molar-refractivity contribution is 6.29. The van der Waals surface area contributed by atoms with E-state index in [0.717, 1.165) is 5.39 Å². The second kappa shape index (κ2) is 6.12. The lowest BCUT2D eigenvalue weighted by Gasteiger charge is -2.06. The van der Waals surface area contributed by atoms with Gasteiger partial charge in [-0.3, -0.25) is 0 Å². The summed E-state index contributed by atoms with van der Waals surface area (Å²) < 4.78 is 18.3. The molecule has 0 atom stereocenters. The Morgan fingerprint density at radius 2 is 2.00 bits per heavy atom. The Hall–Kier alpha value is -2.46. The Morgan fingerprint density at radius 1 is 1.14 bits per heavy atom. The van der Waals surface area contributed by atoms with Crippen LogP contribution in [0, 0.1) is 5.82 Å². The van der Waals surface area contributed by atoms with Crippen molar-refractivity contribution in [3.8, 4) is 0 Å². The Balaban J connectivity index is 1.76. The number of pyridine rings is 1. The molecular formula is C17H11ClFNO2. The summed E-state index contributed by atoms with van der Waals surface area (Å²) in [7, 11) is 0. The molecule has 0 fully saturated rings. The summed E-state index contributed by atoms with van der Waals surface area (Å²) in [5, 5.41) is 1.19. The Bertz CT molecular complexity index is 851. The van der Waals surface area contributed by atoms with Gasteiger partial charge < -0.3 is 4.74 Å². The minimum Gasteiger partial charge on any atom is -0.457 e. The molecule has 0 aliphatic rings. The highest BCUT2D eigenvalue weighted by atomic mass is 35.5. The third-order valence-corrected chi connectivity index (χ3v) is 3.36. The maximum absolute atomic E-state index is 13.1. The fourth-order valence-electron chi connectivity index (χ4n) is 2.09. The molecule has 3 rings (SSSR count). The van der Waals surface area contributed by atoms with Crippen LogP contribution in [0.3, 0.4) is 0 Å². The molecule has 5 heteroatoms. The van der Waals surface area contributed by atoms with Gasteiger partial charge in [0.15, 0.2) is 0 Å². The van der Waals surface area contributed by atoms with Crippen LogP contribution in [-0.2, 0) is 11.3 Å². The molecule has 0 unspecified atom stereocenters. The van der Waals surface area contributed by atoms with Gasteiger partial charge in [0.1, 0.15) is 17.6 Å². The van der Waals surface area contributed by atoms with Gasteiger partial charge >= 0.3 is 5.97 Å². The smallest absolute Gasteiger partial charge is 0.338 e. The summed E-state index contributed by atoms with van der Waals surface area (Å²) in [5.41, 5.74) is 1.71. The summed E-state index contributed by atoms with van der Waals surface area (Å²) in [5.74, 6) is -0.830. The molecule has 2 aromatic carbocycles. The number of nitrogens with zero attached hydrogens (tertiary/aromatic N) is 1. The topological polar surface area (TPSA) is 39.2 Å². The maximum atomic E-state index is 13.1. The first-order chi connectivity index (χ1) is 10.6. The highest BCUT2D eigenvalue weighted by Gasteiger charge is 2.09. The third kappa shape index (κ3) is 3.23. The van der Waals surface area contributed by atoms with Crippen LogP contribution >= 0.6 is 11.6 Å². The van der Waals surface area contributed by atoms with Gasteiger partial charge in [0.2, 0.25) is 0 Å². The van der Waals surface area contributed by atoms with Crippen LogP contribution in [0.25, 0.3) is 10.9 Å². The minimum atomic E-state index is -0.471. The lowest BCUT2D eigenvalue weighted by molar-refractivity contribution is 0.0472. The lowest BCUT2D eigenvalue weighted by Crippen LogP contribution is -2.05. The average Bonchev–Trinajstić information content (AvgIpc) is 2.52. The van der Waals surface area contributed by atoms with Gasteiger partial charge in [0, 0.05) is 5.39 Å². The van der Waals surface area contributed by atoms with E-state index in [1.165, 1.54) is 12.1 Å². The van der Waals surface area contributed by atoms with Crippen LogP contribution in [0.5, 0.6) is 0 Å². The van der Waals surface area contributed by atoms with Gasteiger partial charge in [-0.15, -0.1) is 0 Å². The molecule has 0 spiro atoms. The van der Waals surface area contributed by atoms with Crippen molar-refractivity contribution in [1.29, 1.82) is 0 Å². The number of fused-ring (bicyclic) bond motifs is 1. The van der Waals surface area contributed by atoms with Crippen LogP contribution in [0.2, 0.25) is 5.15 Å². The largest absolute Gasteiger partial charge is 0.457 e. The van der Waals surface area contributed by atoms with Gasteiger partial charge in [-0.2, -0.15) is 0 Å². The predicted octanol–water partition coefficient (Wildman–Crippen LogP) is 4.38. The van der Waals surface area contributed by atoms with Crippen LogP contribution < -0.4 is 0 Å². The quantitative estimate of drug-likeness (QED) is 0.531. The summed E-state index contributed by atoms with van der Waals surface area (Å²) in [6, 6.07) is 14.4. The van der Waals surface area contributed by atoms with Gasteiger partial charge in [-0.1, -0.05) is 23.7 Å². The zero-order valence-electron chi connectivity index (χ0n) is 11.4. The molecule has 0 bridgehead atoms. The van der Waals surface area contributed by atoms with E-state index in [1.54, 1.807) is 42.5 Å². The molecule has 0 aliphatic carbocycles. The third-order valence-electron chi connectivity index (χ3n) is 3.15. The van der Waals surface area contributed by atoms with Crippen molar-refractivity contribution >= 4 is 28.5 Å². The number of hydrogen-bond donors (Lipinski definition) is 0. The zero-order chi connectivity index (χ0) is 15.5.